The predicted molar refractivity (Wildman–Crippen MR) is 100.0 cm³/mol. The minimum absolute atomic E-state index is 0.144. The van der Waals surface area contributed by atoms with Crippen LogP contribution in [0.5, 0.6) is 11.5 Å². The van der Waals surface area contributed by atoms with Crippen molar-refractivity contribution < 1.29 is 19.1 Å². The zero-order valence-electron chi connectivity index (χ0n) is 13.1. The smallest absolute Gasteiger partial charge is 0.308 e. The molecule has 2 aromatic carbocycles. The highest BCUT2D eigenvalue weighted by atomic mass is 127. The summed E-state index contributed by atoms with van der Waals surface area (Å²) in [5.74, 6) is 0.260. The lowest BCUT2D eigenvalue weighted by molar-refractivity contribution is -0.132. The molecule has 0 aliphatic carbocycles. The molecule has 0 fully saturated rings. The fourth-order valence-corrected chi connectivity index (χ4v) is 3.25. The summed E-state index contributed by atoms with van der Waals surface area (Å²) < 4.78 is 11.2. The standard InChI is InChI=1S/C18H14INO4/c1-10(21)24-17-14(19)8-11(9-16(17)23-2)7-13-12-5-3-4-6-15(12)20-18(13)22/h3-9H,1-2H3,(H,20,22). The van der Waals surface area contributed by atoms with Gasteiger partial charge in [-0.2, -0.15) is 0 Å². The molecule has 122 valence electrons. The summed E-state index contributed by atoms with van der Waals surface area (Å²) in [6.07, 6.45) is 1.80. The average molecular weight is 435 g/mol. The van der Waals surface area contributed by atoms with Crippen LogP contribution in [-0.2, 0) is 9.59 Å². The van der Waals surface area contributed by atoms with Gasteiger partial charge in [-0.25, -0.2) is 0 Å². The lowest BCUT2D eigenvalue weighted by Gasteiger charge is -2.11. The van der Waals surface area contributed by atoms with Crippen LogP contribution in [0.4, 0.5) is 5.69 Å². The molecule has 2 aromatic rings. The molecule has 0 atom stereocenters. The zero-order valence-corrected chi connectivity index (χ0v) is 15.2. The maximum atomic E-state index is 12.2. The molecule has 0 aromatic heterocycles. The van der Waals surface area contributed by atoms with Gasteiger partial charge in [0.2, 0.25) is 0 Å². The number of amides is 1. The number of para-hydroxylation sites is 1. The van der Waals surface area contributed by atoms with Gasteiger partial charge >= 0.3 is 5.97 Å². The number of hydrogen-bond acceptors (Lipinski definition) is 4. The van der Waals surface area contributed by atoms with Crippen LogP contribution in [0.1, 0.15) is 18.1 Å². The maximum absolute atomic E-state index is 12.2. The molecule has 0 bridgehead atoms. The van der Waals surface area contributed by atoms with Gasteiger partial charge in [0.25, 0.3) is 5.91 Å². The average Bonchev–Trinajstić information content (AvgIpc) is 2.85. The fraction of sp³-hybridized carbons (Fsp3) is 0.111. The molecule has 0 spiro atoms. The Hall–Kier alpha value is -2.35. The topological polar surface area (TPSA) is 64.6 Å². The molecule has 5 nitrogen and oxygen atoms in total. The summed E-state index contributed by atoms with van der Waals surface area (Å²) in [5, 5.41) is 2.84. The van der Waals surface area contributed by atoms with Gasteiger partial charge in [-0.05, 0) is 52.4 Å². The molecule has 24 heavy (non-hydrogen) atoms. The van der Waals surface area contributed by atoms with E-state index in [2.05, 4.69) is 27.9 Å². The van der Waals surface area contributed by atoms with E-state index in [9.17, 15) is 9.59 Å². The van der Waals surface area contributed by atoms with Gasteiger partial charge in [-0.3, -0.25) is 9.59 Å². The number of nitrogens with one attached hydrogen (secondary N) is 1. The van der Waals surface area contributed by atoms with Crippen LogP contribution in [0.3, 0.4) is 0 Å². The number of ether oxygens (including phenoxy) is 2. The van der Waals surface area contributed by atoms with Gasteiger partial charge in [-0.1, -0.05) is 18.2 Å². The van der Waals surface area contributed by atoms with Crippen molar-refractivity contribution in [2.24, 2.45) is 0 Å². The second-order valence-electron chi connectivity index (χ2n) is 5.19. The molecule has 1 heterocycles. The molecule has 1 aliphatic heterocycles. The van der Waals surface area contributed by atoms with Gasteiger partial charge in [0.05, 0.1) is 10.7 Å². The van der Waals surface area contributed by atoms with E-state index in [1.54, 1.807) is 12.1 Å². The van der Waals surface area contributed by atoms with E-state index >= 15 is 0 Å². The van der Waals surface area contributed by atoms with Crippen LogP contribution in [0, 0.1) is 3.57 Å². The molecule has 1 N–H and O–H groups in total. The monoisotopic (exact) mass is 435 g/mol. The molecule has 3 rings (SSSR count). The van der Waals surface area contributed by atoms with Gasteiger partial charge in [-0.15, -0.1) is 0 Å². The molecule has 0 saturated heterocycles. The number of rotatable bonds is 3. The Morgan fingerprint density at radius 2 is 2.00 bits per heavy atom. The van der Waals surface area contributed by atoms with E-state index in [1.165, 1.54) is 14.0 Å². The van der Waals surface area contributed by atoms with Crippen LogP contribution < -0.4 is 14.8 Å². The molecular formula is C18H14INO4. The first-order chi connectivity index (χ1) is 11.5. The summed E-state index contributed by atoms with van der Waals surface area (Å²) in [4.78, 5) is 23.4. The van der Waals surface area contributed by atoms with E-state index in [4.69, 9.17) is 9.47 Å². The van der Waals surface area contributed by atoms with Crippen molar-refractivity contribution in [3.05, 3.63) is 51.1 Å². The highest BCUT2D eigenvalue weighted by Gasteiger charge is 2.23. The Bertz CT molecular complexity index is 873. The Labute approximate surface area is 152 Å². The van der Waals surface area contributed by atoms with Crippen LogP contribution in [-0.4, -0.2) is 19.0 Å². The van der Waals surface area contributed by atoms with Crippen molar-refractivity contribution in [2.45, 2.75) is 6.92 Å². The SMILES string of the molecule is COc1cc(C=C2C(=O)Nc3ccccc32)cc(I)c1OC(C)=O. The number of benzene rings is 2. The lowest BCUT2D eigenvalue weighted by Crippen LogP contribution is -2.05. The highest BCUT2D eigenvalue weighted by Crippen LogP contribution is 2.37. The zero-order chi connectivity index (χ0) is 17.3. The molecular weight excluding hydrogens is 421 g/mol. The first kappa shape index (κ1) is 16.5. The second kappa shape index (κ2) is 6.64. The third-order valence-corrected chi connectivity index (χ3v) is 4.32. The maximum Gasteiger partial charge on any atom is 0.308 e. The third kappa shape index (κ3) is 3.14. The van der Waals surface area contributed by atoms with E-state index < -0.39 is 5.97 Å². The number of carbonyl (C=O) groups excluding carboxylic acids is 2. The summed E-state index contributed by atoms with van der Waals surface area (Å²) >= 11 is 2.07. The number of hydrogen-bond donors (Lipinski definition) is 1. The second-order valence-corrected chi connectivity index (χ2v) is 6.35. The van der Waals surface area contributed by atoms with Crippen LogP contribution in [0.15, 0.2) is 36.4 Å². The molecule has 0 saturated carbocycles. The predicted octanol–water partition coefficient (Wildman–Crippen LogP) is 3.72. The quantitative estimate of drug-likeness (QED) is 0.346. The number of fused-ring (bicyclic) bond motifs is 1. The van der Waals surface area contributed by atoms with Crippen molar-refractivity contribution in [2.75, 3.05) is 12.4 Å². The summed E-state index contributed by atoms with van der Waals surface area (Å²) in [6, 6.07) is 11.1. The highest BCUT2D eigenvalue weighted by molar-refractivity contribution is 14.1. The molecule has 1 aliphatic rings. The van der Waals surface area contributed by atoms with E-state index in [-0.39, 0.29) is 5.91 Å². The van der Waals surface area contributed by atoms with Crippen LogP contribution in [0.25, 0.3) is 11.6 Å². The van der Waals surface area contributed by atoms with Crippen molar-refractivity contribution >= 4 is 51.8 Å². The van der Waals surface area contributed by atoms with Crippen molar-refractivity contribution in [3.63, 3.8) is 0 Å². The van der Waals surface area contributed by atoms with Gasteiger partial charge in [0.1, 0.15) is 0 Å². The molecule has 6 heteroatoms. The first-order valence-electron chi connectivity index (χ1n) is 7.18. The van der Waals surface area contributed by atoms with E-state index in [0.29, 0.717) is 17.1 Å². The van der Waals surface area contributed by atoms with Crippen molar-refractivity contribution in [1.29, 1.82) is 0 Å². The van der Waals surface area contributed by atoms with E-state index in [1.807, 2.05) is 30.3 Å². The fourth-order valence-electron chi connectivity index (χ4n) is 2.51. The molecule has 0 radical (unpaired) electrons. The minimum atomic E-state index is -0.415. The Morgan fingerprint density at radius 3 is 2.71 bits per heavy atom. The van der Waals surface area contributed by atoms with Crippen molar-refractivity contribution in [3.8, 4) is 11.5 Å². The van der Waals surface area contributed by atoms with E-state index in [0.717, 1.165) is 20.4 Å². The Balaban J connectivity index is 2.06. The number of esters is 1. The third-order valence-electron chi connectivity index (χ3n) is 3.52. The van der Waals surface area contributed by atoms with Gasteiger partial charge in [0, 0.05) is 23.7 Å². The van der Waals surface area contributed by atoms with Crippen LogP contribution >= 0.6 is 22.6 Å². The molecule has 0 unspecified atom stereocenters. The van der Waals surface area contributed by atoms with Gasteiger partial charge < -0.3 is 14.8 Å². The lowest BCUT2D eigenvalue weighted by atomic mass is 10.0. The normalized spacial score (nSPS) is 14.3. The summed E-state index contributed by atoms with van der Waals surface area (Å²) in [5.41, 5.74) is 3.03. The van der Waals surface area contributed by atoms with Crippen molar-refractivity contribution in [1.82, 2.24) is 0 Å². The number of anilines is 1. The summed E-state index contributed by atoms with van der Waals surface area (Å²) in [6.45, 7) is 1.34. The first-order valence-corrected chi connectivity index (χ1v) is 8.26. The largest absolute Gasteiger partial charge is 0.493 e. The number of carbonyl (C=O) groups is 2. The molecule has 1 amide bonds. The van der Waals surface area contributed by atoms with Gasteiger partial charge in [0.15, 0.2) is 11.5 Å². The number of methoxy groups -OCH3 is 1. The Kier molecular flexibility index (Phi) is 4.57. The summed E-state index contributed by atoms with van der Waals surface area (Å²) in [7, 11) is 1.51. The minimum Gasteiger partial charge on any atom is -0.493 e. The Morgan fingerprint density at radius 1 is 1.25 bits per heavy atom. The van der Waals surface area contributed by atoms with Crippen LogP contribution in [0.2, 0.25) is 0 Å². The number of halogens is 1.